The number of rotatable bonds is 5. The van der Waals surface area contributed by atoms with Crippen LogP contribution in [0.4, 0.5) is 0 Å². The van der Waals surface area contributed by atoms with Crippen LogP contribution in [0.2, 0.25) is 0 Å². The number of aromatic nitrogens is 3. The average Bonchev–Trinajstić information content (AvgIpc) is 4.11. The van der Waals surface area contributed by atoms with E-state index >= 15 is 0 Å². The van der Waals surface area contributed by atoms with Crippen LogP contribution in [0, 0.1) is 0 Å². The monoisotopic (exact) mass is 849 g/mol. The Balaban J connectivity index is 0.890. The maximum absolute atomic E-state index is 5.28. The van der Waals surface area contributed by atoms with E-state index in [1.54, 1.807) is 0 Å². The molecule has 9 aromatic carbocycles. The molecule has 0 aliphatic heterocycles. The molecule has 5 aromatic heterocycles. The fourth-order valence-corrected chi connectivity index (χ4v) is 12.7. The molecular weight excluding hydrogens is 815 g/mol. The molecule has 0 unspecified atom stereocenters. The van der Waals surface area contributed by atoms with Crippen molar-refractivity contribution in [3.8, 4) is 44.8 Å². The Bertz CT molecular complexity index is 4220. The van der Waals surface area contributed by atoms with Gasteiger partial charge in [0.2, 0.25) is 0 Å². The zero-order valence-electron chi connectivity index (χ0n) is 34.4. The van der Waals surface area contributed by atoms with Crippen LogP contribution in [-0.4, -0.2) is 14.1 Å². The fourth-order valence-electron chi connectivity index (χ4n) is 10.3. The van der Waals surface area contributed by atoms with Gasteiger partial charge in [0, 0.05) is 90.6 Å². The second kappa shape index (κ2) is 13.8. The molecule has 5 heteroatoms. The summed E-state index contributed by atoms with van der Waals surface area (Å²) in [6.45, 7) is 0. The summed E-state index contributed by atoms with van der Waals surface area (Å²) in [5.41, 5.74) is 13.9. The van der Waals surface area contributed by atoms with Crippen LogP contribution in [-0.2, 0) is 0 Å². The first-order valence-corrected chi connectivity index (χ1v) is 23.3. The van der Waals surface area contributed by atoms with E-state index in [1.165, 1.54) is 95.4 Å². The molecule has 0 atom stereocenters. The van der Waals surface area contributed by atoms with E-state index in [-0.39, 0.29) is 0 Å². The van der Waals surface area contributed by atoms with Gasteiger partial charge in [-0.05, 0) is 89.0 Å². The molecule has 0 amide bonds. The van der Waals surface area contributed by atoms with Gasteiger partial charge < -0.3 is 4.57 Å². The van der Waals surface area contributed by atoms with E-state index in [4.69, 9.17) is 4.98 Å². The quantitative estimate of drug-likeness (QED) is 0.169. The summed E-state index contributed by atoms with van der Waals surface area (Å²) in [4.78, 5) is 5.28. The van der Waals surface area contributed by atoms with Crippen molar-refractivity contribution in [3.63, 3.8) is 0 Å². The maximum Gasteiger partial charge on any atom is 0.145 e. The van der Waals surface area contributed by atoms with E-state index in [0.29, 0.717) is 0 Å². The van der Waals surface area contributed by atoms with Gasteiger partial charge in [0.15, 0.2) is 0 Å². The zero-order chi connectivity index (χ0) is 41.9. The Morgan fingerprint density at radius 1 is 0.312 bits per heavy atom. The highest BCUT2D eigenvalue weighted by Gasteiger charge is 2.19. The molecule has 0 N–H and O–H groups in total. The minimum atomic E-state index is 0.954. The van der Waals surface area contributed by atoms with E-state index in [1.807, 2.05) is 22.7 Å². The van der Waals surface area contributed by atoms with Crippen LogP contribution in [0.5, 0.6) is 0 Å². The molecule has 14 rings (SSSR count). The Morgan fingerprint density at radius 3 is 1.55 bits per heavy atom. The Hall–Kier alpha value is -7.83. The molecule has 3 nitrogen and oxygen atoms in total. The summed E-state index contributed by atoms with van der Waals surface area (Å²) >= 11 is 3.74. The Morgan fingerprint density at radius 2 is 0.828 bits per heavy atom. The normalized spacial score (nSPS) is 12.1. The zero-order valence-corrected chi connectivity index (χ0v) is 36.0. The van der Waals surface area contributed by atoms with E-state index in [9.17, 15) is 0 Å². The number of para-hydroxylation sites is 2. The highest BCUT2D eigenvalue weighted by molar-refractivity contribution is 7.26. The molecule has 0 spiro atoms. The summed E-state index contributed by atoms with van der Waals surface area (Å²) in [6, 6.07) is 75.6. The lowest BCUT2D eigenvalue weighted by Gasteiger charge is -2.12. The highest BCUT2D eigenvalue weighted by Crippen LogP contribution is 2.44. The minimum absolute atomic E-state index is 0.954. The number of hydrogen-bond acceptors (Lipinski definition) is 3. The van der Waals surface area contributed by atoms with Gasteiger partial charge in [-0.2, -0.15) is 0 Å². The van der Waals surface area contributed by atoms with Crippen LogP contribution in [0.25, 0.3) is 129 Å². The third-order valence-electron chi connectivity index (χ3n) is 13.2. The van der Waals surface area contributed by atoms with Gasteiger partial charge in [0.25, 0.3) is 0 Å². The summed E-state index contributed by atoms with van der Waals surface area (Å²) in [7, 11) is 0. The number of nitrogens with zero attached hydrogens (tertiary/aromatic N) is 3. The van der Waals surface area contributed by atoms with E-state index < -0.39 is 0 Å². The SMILES string of the molecule is c1cc(-c2cccc(-n3c4ccccc4c4cc(-n5c6ccccc6c6cc(-c7cccc8c7sc7ccccc78)cnc65)ccc43)c2)cc(-c2cccc3c2sc2ccccc23)c1. The molecule has 298 valence electrons. The lowest BCUT2D eigenvalue weighted by molar-refractivity contribution is 1.14. The largest absolute Gasteiger partial charge is 0.309 e. The molecule has 0 bridgehead atoms. The van der Waals surface area contributed by atoms with Crippen molar-refractivity contribution in [2.75, 3.05) is 0 Å². The topological polar surface area (TPSA) is 22.8 Å². The standard InChI is InChI=1S/C59H35N3S2/c1-5-25-52-44(17-1)50-34-41(62-53-26-6-2-18-45(53)51-33-39(35-60-59(51)62)43-22-12-24-49-47-20-4-8-28-56(47)64-58(43)49)29-30-54(50)61(52)40-16-10-14-37(32-40)36-13-9-15-38(31-36)42-21-11-23-48-46-19-3-7-27-55(46)63-57(42)48/h1-35H. The van der Waals surface area contributed by atoms with Gasteiger partial charge in [0.1, 0.15) is 5.65 Å². The van der Waals surface area contributed by atoms with Crippen molar-refractivity contribution in [1.29, 1.82) is 0 Å². The van der Waals surface area contributed by atoms with Crippen LogP contribution in [0.3, 0.4) is 0 Å². The van der Waals surface area contributed by atoms with E-state index in [2.05, 4.69) is 222 Å². The van der Waals surface area contributed by atoms with Crippen molar-refractivity contribution >= 4 is 107 Å². The number of pyridine rings is 1. The molecule has 0 fully saturated rings. The number of benzene rings is 9. The predicted octanol–water partition coefficient (Wildman–Crippen LogP) is 17.0. The number of hydrogen-bond donors (Lipinski definition) is 0. The van der Waals surface area contributed by atoms with Crippen LogP contribution < -0.4 is 0 Å². The van der Waals surface area contributed by atoms with Crippen molar-refractivity contribution in [2.45, 2.75) is 0 Å². The Kier molecular flexibility index (Phi) is 7.73. The minimum Gasteiger partial charge on any atom is -0.309 e. The van der Waals surface area contributed by atoms with Crippen molar-refractivity contribution in [1.82, 2.24) is 14.1 Å². The van der Waals surface area contributed by atoms with Crippen LogP contribution in [0.15, 0.2) is 212 Å². The van der Waals surface area contributed by atoms with Crippen molar-refractivity contribution < 1.29 is 0 Å². The smallest absolute Gasteiger partial charge is 0.145 e. The first kappa shape index (κ1) is 35.7. The summed E-state index contributed by atoms with van der Waals surface area (Å²) in [5.74, 6) is 0. The second-order valence-corrected chi connectivity index (χ2v) is 18.8. The maximum atomic E-state index is 5.28. The molecule has 0 radical (unpaired) electrons. The number of fused-ring (bicyclic) bond motifs is 12. The van der Waals surface area contributed by atoms with Gasteiger partial charge in [-0.1, -0.05) is 140 Å². The molecular formula is C59H35N3S2. The van der Waals surface area contributed by atoms with Gasteiger partial charge >= 0.3 is 0 Å². The average molecular weight is 850 g/mol. The lowest BCUT2D eigenvalue weighted by atomic mass is 9.97. The van der Waals surface area contributed by atoms with Crippen LogP contribution >= 0.6 is 22.7 Å². The number of thiophene rings is 2. The first-order valence-electron chi connectivity index (χ1n) is 21.7. The summed E-state index contributed by atoms with van der Waals surface area (Å²) in [5, 5.41) is 10.0. The Labute approximate surface area is 376 Å². The highest BCUT2D eigenvalue weighted by atomic mass is 32.1. The second-order valence-electron chi connectivity index (χ2n) is 16.7. The fraction of sp³-hybridized carbons (Fsp3) is 0. The lowest BCUT2D eigenvalue weighted by Crippen LogP contribution is -1.97. The molecule has 0 aliphatic rings. The van der Waals surface area contributed by atoms with Gasteiger partial charge in [-0.3, -0.25) is 4.57 Å². The summed E-state index contributed by atoms with van der Waals surface area (Å²) < 4.78 is 10.0. The molecule has 0 saturated carbocycles. The third-order valence-corrected chi connectivity index (χ3v) is 15.6. The molecule has 0 saturated heterocycles. The van der Waals surface area contributed by atoms with Crippen LogP contribution in [0.1, 0.15) is 0 Å². The first-order chi connectivity index (χ1) is 31.7. The summed E-state index contributed by atoms with van der Waals surface area (Å²) in [6.07, 6.45) is 2.06. The van der Waals surface area contributed by atoms with Gasteiger partial charge in [-0.25, -0.2) is 4.98 Å². The third kappa shape index (κ3) is 5.29. The molecule has 5 heterocycles. The van der Waals surface area contributed by atoms with Crippen molar-refractivity contribution in [2.24, 2.45) is 0 Å². The molecule has 14 aromatic rings. The molecule has 64 heavy (non-hydrogen) atoms. The predicted molar refractivity (Wildman–Crippen MR) is 275 cm³/mol. The van der Waals surface area contributed by atoms with E-state index in [0.717, 1.165) is 33.5 Å². The van der Waals surface area contributed by atoms with Gasteiger partial charge in [-0.15, -0.1) is 22.7 Å². The van der Waals surface area contributed by atoms with Crippen molar-refractivity contribution in [3.05, 3.63) is 212 Å². The van der Waals surface area contributed by atoms with Gasteiger partial charge in [0.05, 0.1) is 16.6 Å². The molecule has 0 aliphatic carbocycles.